The molecule has 0 spiro atoms. The van der Waals surface area contributed by atoms with Crippen LogP contribution in [0.5, 0.6) is 0 Å². The molecule has 0 aliphatic carbocycles. The minimum atomic E-state index is -0.273. The van der Waals surface area contributed by atoms with Gasteiger partial charge in [0.15, 0.2) is 0 Å². The fraction of sp³-hybridized carbons (Fsp3) is 0.143. The summed E-state index contributed by atoms with van der Waals surface area (Å²) in [7, 11) is 0. The molecular formula is C21H19FN4S. The van der Waals surface area contributed by atoms with Crippen LogP contribution in [0.15, 0.2) is 66.3 Å². The summed E-state index contributed by atoms with van der Waals surface area (Å²) in [4.78, 5) is 4.37. The van der Waals surface area contributed by atoms with Gasteiger partial charge < -0.3 is 5.32 Å². The van der Waals surface area contributed by atoms with Crippen LogP contribution in [-0.2, 0) is 0 Å². The van der Waals surface area contributed by atoms with Gasteiger partial charge in [-0.05, 0) is 53.1 Å². The number of benzene rings is 1. The minimum absolute atomic E-state index is 0.200. The topological polar surface area (TPSA) is 42.7 Å². The molecule has 0 bridgehead atoms. The van der Waals surface area contributed by atoms with Crippen molar-refractivity contribution < 1.29 is 4.39 Å². The van der Waals surface area contributed by atoms with Crippen LogP contribution in [0, 0.1) is 5.82 Å². The normalized spacial score (nSPS) is 12.2. The maximum atomic E-state index is 13.2. The molecule has 0 saturated heterocycles. The molecule has 136 valence electrons. The zero-order valence-electron chi connectivity index (χ0n) is 14.9. The van der Waals surface area contributed by atoms with Crippen molar-refractivity contribution in [1.29, 1.82) is 0 Å². The van der Waals surface area contributed by atoms with Gasteiger partial charge in [0.2, 0.25) is 0 Å². The molecule has 4 nitrogen and oxygen atoms in total. The number of thiophene rings is 1. The molecule has 3 aromatic heterocycles. The Bertz CT molecular complexity index is 1070. The minimum Gasteiger partial charge on any atom is -0.378 e. The first-order chi connectivity index (χ1) is 13.2. The van der Waals surface area contributed by atoms with Crippen LogP contribution in [0.2, 0.25) is 0 Å². The fourth-order valence-corrected chi connectivity index (χ4v) is 3.87. The Morgan fingerprint density at radius 1 is 1.22 bits per heavy atom. The number of aromatic nitrogens is 3. The number of rotatable bonds is 6. The second kappa shape index (κ2) is 7.32. The van der Waals surface area contributed by atoms with Crippen LogP contribution < -0.4 is 5.32 Å². The molecule has 0 fully saturated rings. The second-order valence-electron chi connectivity index (χ2n) is 6.29. The number of hydrogen-bond acceptors (Lipinski definition) is 4. The van der Waals surface area contributed by atoms with Crippen molar-refractivity contribution in [2.45, 2.75) is 19.4 Å². The highest BCUT2D eigenvalue weighted by atomic mass is 32.1. The van der Waals surface area contributed by atoms with E-state index in [9.17, 15) is 4.39 Å². The van der Waals surface area contributed by atoms with E-state index in [-0.39, 0.29) is 11.9 Å². The molecule has 0 aliphatic rings. The standard InChI is InChI=1S/C21H19FN4S/c1-3-20(15-8-9-27-13-15)25-14(2)18-10-23-12-21-19(18)11-24-26(21)17-6-4-16(22)5-7-17/h4-13,20,25H,2-3H2,1H3/t20-/m1/s1. The van der Waals surface area contributed by atoms with Gasteiger partial charge in [0.25, 0.3) is 0 Å². The molecule has 1 atom stereocenters. The molecule has 6 heteroatoms. The predicted octanol–water partition coefficient (Wildman–Crippen LogP) is 5.33. The van der Waals surface area contributed by atoms with E-state index >= 15 is 0 Å². The lowest BCUT2D eigenvalue weighted by atomic mass is 10.1. The van der Waals surface area contributed by atoms with Gasteiger partial charge in [-0.3, -0.25) is 4.98 Å². The van der Waals surface area contributed by atoms with Crippen LogP contribution in [0.25, 0.3) is 22.3 Å². The van der Waals surface area contributed by atoms with Gasteiger partial charge in [-0.15, -0.1) is 0 Å². The first-order valence-electron chi connectivity index (χ1n) is 8.73. The lowest BCUT2D eigenvalue weighted by Gasteiger charge is -2.19. The monoisotopic (exact) mass is 378 g/mol. The van der Waals surface area contributed by atoms with Crippen LogP contribution in [0.1, 0.15) is 30.5 Å². The molecule has 4 aromatic rings. The fourth-order valence-electron chi connectivity index (χ4n) is 3.15. The van der Waals surface area contributed by atoms with E-state index in [1.54, 1.807) is 46.7 Å². The highest BCUT2D eigenvalue weighted by Gasteiger charge is 2.15. The highest BCUT2D eigenvalue weighted by molar-refractivity contribution is 7.07. The Balaban J connectivity index is 1.68. The number of nitrogens with zero attached hydrogens (tertiary/aromatic N) is 3. The van der Waals surface area contributed by atoms with Crippen LogP contribution in [-0.4, -0.2) is 14.8 Å². The van der Waals surface area contributed by atoms with E-state index in [0.717, 1.165) is 34.3 Å². The van der Waals surface area contributed by atoms with E-state index in [1.807, 2.05) is 0 Å². The average molecular weight is 378 g/mol. The molecule has 1 N–H and O–H groups in total. The molecule has 0 unspecified atom stereocenters. The van der Waals surface area contributed by atoms with Gasteiger partial charge in [0.05, 0.1) is 29.6 Å². The van der Waals surface area contributed by atoms with Gasteiger partial charge in [-0.25, -0.2) is 9.07 Å². The van der Waals surface area contributed by atoms with Crippen LogP contribution in [0.3, 0.4) is 0 Å². The molecule has 0 saturated carbocycles. The van der Waals surface area contributed by atoms with Gasteiger partial charge in [0, 0.05) is 22.8 Å². The van der Waals surface area contributed by atoms with Crippen molar-refractivity contribution in [3.63, 3.8) is 0 Å². The van der Waals surface area contributed by atoms with Crippen molar-refractivity contribution in [2.75, 3.05) is 0 Å². The first kappa shape index (κ1) is 17.4. The summed E-state index contributed by atoms with van der Waals surface area (Å²) < 4.78 is 15.0. The van der Waals surface area contributed by atoms with E-state index < -0.39 is 0 Å². The van der Waals surface area contributed by atoms with Crippen LogP contribution >= 0.6 is 11.3 Å². The molecule has 3 heterocycles. The molecule has 4 rings (SSSR count). The lowest BCUT2D eigenvalue weighted by Crippen LogP contribution is -2.18. The summed E-state index contributed by atoms with van der Waals surface area (Å²) in [6, 6.07) is 8.58. The third-order valence-electron chi connectivity index (χ3n) is 4.60. The SMILES string of the molecule is C=C(N[C@H](CC)c1ccsc1)c1cncc2c1cnn2-c1ccc(F)cc1. The summed E-state index contributed by atoms with van der Waals surface area (Å²) in [6.45, 7) is 6.38. The molecule has 27 heavy (non-hydrogen) atoms. The van der Waals surface area contributed by atoms with E-state index in [0.29, 0.717) is 0 Å². The summed E-state index contributed by atoms with van der Waals surface area (Å²) in [6.07, 6.45) is 6.31. The number of fused-ring (bicyclic) bond motifs is 1. The third-order valence-corrected chi connectivity index (χ3v) is 5.30. The number of hydrogen-bond donors (Lipinski definition) is 1. The molecule has 1 aromatic carbocycles. The van der Waals surface area contributed by atoms with Crippen molar-refractivity contribution in [1.82, 2.24) is 20.1 Å². The Morgan fingerprint density at radius 3 is 2.74 bits per heavy atom. The molecular weight excluding hydrogens is 359 g/mol. The van der Waals surface area contributed by atoms with Gasteiger partial charge >= 0.3 is 0 Å². The third kappa shape index (κ3) is 3.36. The largest absolute Gasteiger partial charge is 0.378 e. The average Bonchev–Trinajstić information content (AvgIpc) is 3.36. The van der Waals surface area contributed by atoms with E-state index in [4.69, 9.17) is 0 Å². The zero-order valence-corrected chi connectivity index (χ0v) is 15.7. The second-order valence-corrected chi connectivity index (χ2v) is 7.07. The van der Waals surface area contributed by atoms with Crippen molar-refractivity contribution in [3.05, 3.63) is 83.2 Å². The van der Waals surface area contributed by atoms with Gasteiger partial charge in [0.1, 0.15) is 5.82 Å². The van der Waals surface area contributed by atoms with E-state index in [2.05, 4.69) is 45.7 Å². The van der Waals surface area contributed by atoms with Gasteiger partial charge in [-0.1, -0.05) is 13.5 Å². The Kier molecular flexibility index (Phi) is 4.73. The number of pyridine rings is 1. The Hall–Kier alpha value is -2.99. The van der Waals surface area contributed by atoms with Crippen molar-refractivity contribution >= 4 is 27.9 Å². The number of nitrogens with one attached hydrogen (secondary N) is 1. The quantitative estimate of drug-likeness (QED) is 0.493. The summed E-state index contributed by atoms with van der Waals surface area (Å²) in [5.74, 6) is -0.273. The summed E-state index contributed by atoms with van der Waals surface area (Å²) >= 11 is 1.69. The first-order valence-corrected chi connectivity index (χ1v) is 9.67. The smallest absolute Gasteiger partial charge is 0.123 e. The molecule has 0 amide bonds. The summed E-state index contributed by atoms with van der Waals surface area (Å²) in [5, 5.41) is 13.2. The number of halogens is 1. The van der Waals surface area contributed by atoms with Crippen molar-refractivity contribution in [2.24, 2.45) is 0 Å². The maximum Gasteiger partial charge on any atom is 0.123 e. The van der Waals surface area contributed by atoms with E-state index in [1.165, 1.54) is 17.7 Å². The highest BCUT2D eigenvalue weighted by Crippen LogP contribution is 2.27. The lowest BCUT2D eigenvalue weighted by molar-refractivity contribution is 0.616. The molecule has 0 aliphatic heterocycles. The van der Waals surface area contributed by atoms with Crippen LogP contribution in [0.4, 0.5) is 4.39 Å². The summed E-state index contributed by atoms with van der Waals surface area (Å²) in [5.41, 5.74) is 4.62. The van der Waals surface area contributed by atoms with Crippen molar-refractivity contribution in [3.8, 4) is 5.69 Å². The predicted molar refractivity (Wildman–Crippen MR) is 108 cm³/mol. The maximum absolute atomic E-state index is 13.2. The Labute approximate surface area is 161 Å². The van der Waals surface area contributed by atoms with Gasteiger partial charge in [-0.2, -0.15) is 16.4 Å². The molecule has 0 radical (unpaired) electrons. The Morgan fingerprint density at radius 2 is 2.04 bits per heavy atom. The zero-order chi connectivity index (χ0) is 18.8.